The number of nitrogens with zero attached hydrogens (tertiary/aromatic N) is 5. The average molecular weight is 500 g/mol. The van der Waals surface area contributed by atoms with Crippen molar-refractivity contribution in [3.8, 4) is 0 Å². The molecule has 1 amide bonds. The minimum Gasteiger partial charge on any atom is -0.389 e. The van der Waals surface area contributed by atoms with Gasteiger partial charge in [-0.15, -0.1) is 11.3 Å². The van der Waals surface area contributed by atoms with Crippen LogP contribution in [0.15, 0.2) is 33.9 Å². The van der Waals surface area contributed by atoms with Crippen molar-refractivity contribution in [2.75, 3.05) is 13.2 Å². The first-order chi connectivity index (χ1) is 16.7. The Bertz CT molecular complexity index is 1580. The van der Waals surface area contributed by atoms with Gasteiger partial charge in [0.15, 0.2) is 0 Å². The number of β-amino-alcohol motifs (C(OH)–C–C–N with tert-alkyl or cyclic N) is 1. The van der Waals surface area contributed by atoms with Crippen LogP contribution in [0.25, 0.3) is 21.3 Å². The number of hydrogen-bond acceptors (Lipinski definition) is 8. The predicted molar refractivity (Wildman–Crippen MR) is 129 cm³/mol. The molecule has 11 nitrogen and oxygen atoms in total. The molecule has 0 unspecified atom stereocenters. The van der Waals surface area contributed by atoms with Gasteiger partial charge in [-0.3, -0.25) is 23.6 Å². The SMILES string of the molecule is CC(C)n1c(=O)n(C)c(=O)c2c(C(=O)N3C[C@H](O)CO3)c(Cn3c(CO)nc4ccccc43)sc21. The fourth-order valence-corrected chi connectivity index (χ4v) is 5.83. The Morgan fingerprint density at radius 2 is 2.03 bits per heavy atom. The van der Waals surface area contributed by atoms with E-state index in [0.717, 1.165) is 15.1 Å². The van der Waals surface area contributed by atoms with Gasteiger partial charge in [0.1, 0.15) is 30.0 Å². The summed E-state index contributed by atoms with van der Waals surface area (Å²) in [5, 5.41) is 21.0. The van der Waals surface area contributed by atoms with E-state index in [9.17, 15) is 24.6 Å². The Morgan fingerprint density at radius 1 is 1.29 bits per heavy atom. The van der Waals surface area contributed by atoms with Gasteiger partial charge >= 0.3 is 5.69 Å². The number of aliphatic hydroxyl groups excluding tert-OH is 2. The van der Waals surface area contributed by atoms with Crippen LogP contribution in [0.5, 0.6) is 0 Å². The van der Waals surface area contributed by atoms with Gasteiger partial charge in [-0.2, -0.15) is 0 Å². The summed E-state index contributed by atoms with van der Waals surface area (Å²) in [7, 11) is 1.39. The van der Waals surface area contributed by atoms with E-state index in [-0.39, 0.29) is 43.3 Å². The zero-order chi connectivity index (χ0) is 25.0. The maximum Gasteiger partial charge on any atom is 0.332 e. The fourth-order valence-electron chi connectivity index (χ4n) is 4.43. The van der Waals surface area contributed by atoms with Gasteiger partial charge < -0.3 is 14.8 Å². The van der Waals surface area contributed by atoms with Crippen LogP contribution >= 0.6 is 11.3 Å². The molecular weight excluding hydrogens is 474 g/mol. The van der Waals surface area contributed by atoms with Crippen LogP contribution in [0.2, 0.25) is 0 Å². The molecule has 1 aliphatic rings. The van der Waals surface area contributed by atoms with Crippen LogP contribution < -0.4 is 11.2 Å². The molecule has 1 saturated heterocycles. The number of para-hydroxylation sites is 2. The Balaban J connectivity index is 1.80. The second-order valence-electron chi connectivity index (χ2n) is 8.77. The molecule has 1 atom stereocenters. The number of hydroxylamine groups is 2. The number of thiophene rings is 1. The molecule has 5 rings (SSSR count). The molecule has 0 spiro atoms. The van der Waals surface area contributed by atoms with Crippen molar-refractivity contribution in [2.24, 2.45) is 7.05 Å². The lowest BCUT2D eigenvalue weighted by atomic mass is 10.1. The molecule has 1 aliphatic heterocycles. The number of aliphatic hydroxyl groups is 2. The Labute approximate surface area is 203 Å². The summed E-state index contributed by atoms with van der Waals surface area (Å²) in [6.45, 7) is 3.43. The number of aromatic nitrogens is 4. The summed E-state index contributed by atoms with van der Waals surface area (Å²) < 4.78 is 4.29. The van der Waals surface area contributed by atoms with Crippen LogP contribution in [0.1, 0.15) is 40.9 Å². The van der Waals surface area contributed by atoms with E-state index in [2.05, 4.69) is 4.98 Å². The Hall–Kier alpha value is -3.32. The molecule has 4 heterocycles. The lowest BCUT2D eigenvalue weighted by Gasteiger charge is -2.16. The van der Waals surface area contributed by atoms with Crippen molar-refractivity contribution in [2.45, 2.75) is 39.1 Å². The summed E-state index contributed by atoms with van der Waals surface area (Å²) in [5.41, 5.74) is 0.517. The first-order valence-corrected chi connectivity index (χ1v) is 12.0. The predicted octanol–water partition coefficient (Wildman–Crippen LogP) is 0.981. The number of fused-ring (bicyclic) bond motifs is 2. The molecular formula is C23H25N5O6S. The van der Waals surface area contributed by atoms with Crippen molar-refractivity contribution in [3.63, 3.8) is 0 Å². The third kappa shape index (κ3) is 3.69. The quantitative estimate of drug-likeness (QED) is 0.418. The summed E-state index contributed by atoms with van der Waals surface area (Å²) in [6.07, 6.45) is -0.831. The number of benzene rings is 1. The molecule has 184 valence electrons. The van der Waals surface area contributed by atoms with Crippen molar-refractivity contribution < 1.29 is 19.8 Å². The third-order valence-corrected chi connectivity index (χ3v) is 7.30. The van der Waals surface area contributed by atoms with Gasteiger partial charge in [-0.25, -0.2) is 14.8 Å². The monoisotopic (exact) mass is 499 g/mol. The topological polar surface area (TPSA) is 132 Å². The van der Waals surface area contributed by atoms with Gasteiger partial charge in [0, 0.05) is 18.0 Å². The molecule has 2 N–H and O–H groups in total. The van der Waals surface area contributed by atoms with E-state index in [4.69, 9.17) is 4.84 Å². The standard InChI is InChI=1S/C23H25N5O6S/c1-12(2)28-22-19(20(31)25(3)23(28)33)18(21(32)27-8-13(30)11-34-27)16(35-22)9-26-15-7-5-4-6-14(15)24-17(26)10-29/h4-7,12-13,29-30H,8-11H2,1-3H3/t13-/m0/s1. The van der Waals surface area contributed by atoms with Crippen LogP contribution in [-0.2, 0) is 25.0 Å². The molecule has 3 aromatic heterocycles. The number of carbonyl (C=O) groups excluding carboxylic acids is 1. The molecule has 0 aliphatic carbocycles. The molecule has 1 aromatic carbocycles. The molecule has 4 aromatic rings. The minimum atomic E-state index is -0.831. The van der Waals surface area contributed by atoms with E-state index in [0.29, 0.717) is 21.0 Å². The zero-order valence-electron chi connectivity index (χ0n) is 19.5. The van der Waals surface area contributed by atoms with Gasteiger partial charge in [0.25, 0.3) is 11.5 Å². The van der Waals surface area contributed by atoms with Gasteiger partial charge in [0.05, 0.1) is 35.1 Å². The number of carbonyl (C=O) groups is 1. The lowest BCUT2D eigenvalue weighted by molar-refractivity contribution is -0.0778. The van der Waals surface area contributed by atoms with Crippen LogP contribution in [0.4, 0.5) is 0 Å². The van der Waals surface area contributed by atoms with E-state index in [1.165, 1.54) is 23.0 Å². The highest BCUT2D eigenvalue weighted by Gasteiger charge is 2.33. The van der Waals surface area contributed by atoms with E-state index < -0.39 is 23.3 Å². The minimum absolute atomic E-state index is 0.0291. The van der Waals surface area contributed by atoms with Crippen molar-refractivity contribution in [1.29, 1.82) is 0 Å². The van der Waals surface area contributed by atoms with Crippen molar-refractivity contribution >= 4 is 38.5 Å². The first-order valence-electron chi connectivity index (χ1n) is 11.2. The van der Waals surface area contributed by atoms with Crippen LogP contribution in [-0.4, -0.2) is 59.1 Å². The zero-order valence-corrected chi connectivity index (χ0v) is 20.3. The molecule has 1 fully saturated rings. The molecule has 0 bridgehead atoms. The van der Waals surface area contributed by atoms with E-state index >= 15 is 0 Å². The number of hydrogen-bond donors (Lipinski definition) is 2. The smallest absolute Gasteiger partial charge is 0.332 e. The largest absolute Gasteiger partial charge is 0.389 e. The molecule has 35 heavy (non-hydrogen) atoms. The highest BCUT2D eigenvalue weighted by Crippen LogP contribution is 2.33. The second-order valence-corrected chi connectivity index (χ2v) is 9.85. The molecule has 0 saturated carbocycles. The summed E-state index contributed by atoms with van der Waals surface area (Å²) in [5.74, 6) is -0.159. The van der Waals surface area contributed by atoms with E-state index in [1.807, 2.05) is 38.1 Å². The molecule has 12 heteroatoms. The number of imidazole rings is 1. The van der Waals surface area contributed by atoms with Gasteiger partial charge in [-0.05, 0) is 26.0 Å². The van der Waals surface area contributed by atoms with E-state index in [1.54, 1.807) is 4.57 Å². The number of amides is 1. The number of rotatable bonds is 5. The summed E-state index contributed by atoms with van der Waals surface area (Å²) in [4.78, 5) is 50.7. The lowest BCUT2D eigenvalue weighted by Crippen LogP contribution is -2.39. The highest BCUT2D eigenvalue weighted by atomic mass is 32.1. The second kappa shape index (κ2) is 8.72. The Morgan fingerprint density at radius 3 is 2.69 bits per heavy atom. The first kappa shape index (κ1) is 23.4. The maximum absolute atomic E-state index is 13.7. The average Bonchev–Trinajstić information content (AvgIpc) is 3.53. The Kier molecular flexibility index (Phi) is 5.83. The third-order valence-electron chi connectivity index (χ3n) is 6.13. The van der Waals surface area contributed by atoms with Crippen LogP contribution in [0.3, 0.4) is 0 Å². The fraction of sp³-hybridized carbons (Fsp3) is 0.391. The van der Waals surface area contributed by atoms with Crippen molar-refractivity contribution in [3.05, 3.63) is 61.4 Å². The van der Waals surface area contributed by atoms with Crippen molar-refractivity contribution in [1.82, 2.24) is 23.7 Å². The highest BCUT2D eigenvalue weighted by molar-refractivity contribution is 7.19. The maximum atomic E-state index is 13.7. The summed E-state index contributed by atoms with van der Waals surface area (Å²) in [6, 6.07) is 7.12. The van der Waals surface area contributed by atoms with Crippen LogP contribution in [0, 0.1) is 0 Å². The van der Waals surface area contributed by atoms with Gasteiger partial charge in [0.2, 0.25) is 0 Å². The molecule has 0 radical (unpaired) electrons. The van der Waals surface area contributed by atoms with Gasteiger partial charge in [-0.1, -0.05) is 12.1 Å². The summed E-state index contributed by atoms with van der Waals surface area (Å²) >= 11 is 1.18. The normalized spacial score (nSPS) is 16.3.